The quantitative estimate of drug-likeness (QED) is 0.122. The number of rotatable bonds is 9. The van der Waals surface area contributed by atoms with Gasteiger partial charge in [0.05, 0.1) is 41.5 Å². The summed E-state index contributed by atoms with van der Waals surface area (Å²) in [6, 6.07) is 7.96. The van der Waals surface area contributed by atoms with Crippen molar-refractivity contribution >= 4 is 41.7 Å². The summed E-state index contributed by atoms with van der Waals surface area (Å²) in [6.45, 7) is 15.8. The maximum Gasteiger partial charge on any atom is 0.417 e. The normalized spacial score (nSPS) is 20.9. The second kappa shape index (κ2) is 13.0. The first-order valence-electron chi connectivity index (χ1n) is 15.2. The zero-order valence-electron chi connectivity index (χ0n) is 28.3. The molecule has 2 aromatic rings. The minimum atomic E-state index is -1.71. The molecule has 1 atom stereocenters. The molecule has 12 nitrogen and oxygen atoms in total. The summed E-state index contributed by atoms with van der Waals surface area (Å²) < 4.78 is 34.1. The van der Waals surface area contributed by atoms with Crippen LogP contribution in [0.4, 0.5) is 10.7 Å². The van der Waals surface area contributed by atoms with Crippen LogP contribution in [-0.4, -0.2) is 55.3 Å². The van der Waals surface area contributed by atoms with Crippen molar-refractivity contribution in [2.24, 2.45) is 9.81 Å². The first kappa shape index (κ1) is 35.4. The number of ether oxygens (including phenoxy) is 3. The van der Waals surface area contributed by atoms with Gasteiger partial charge in [0.1, 0.15) is 27.5 Å². The Morgan fingerprint density at radius 3 is 2.23 bits per heavy atom. The summed E-state index contributed by atoms with van der Waals surface area (Å²) in [5.41, 5.74) is -0.268. The highest BCUT2D eigenvalue weighted by atomic mass is 32.2. The smallest absolute Gasteiger partial charge is 0.417 e. The molecule has 0 radical (unpaired) electrons. The van der Waals surface area contributed by atoms with Crippen molar-refractivity contribution in [2.45, 2.75) is 97.5 Å². The number of anilines is 1. The Kier molecular flexibility index (Phi) is 9.77. The zero-order chi connectivity index (χ0) is 34.9. The Morgan fingerprint density at radius 2 is 1.72 bits per heavy atom. The van der Waals surface area contributed by atoms with Gasteiger partial charge in [-0.05, 0) is 116 Å². The highest BCUT2D eigenvalue weighted by Crippen LogP contribution is 2.70. The van der Waals surface area contributed by atoms with Gasteiger partial charge in [-0.2, -0.15) is 15.5 Å². The molecule has 1 heterocycles. The van der Waals surface area contributed by atoms with Crippen LogP contribution in [0.5, 0.6) is 11.6 Å². The Labute approximate surface area is 278 Å². The van der Waals surface area contributed by atoms with Crippen molar-refractivity contribution in [3.05, 3.63) is 46.2 Å². The standard InChI is InChI=1S/C34H40N6O6S/c1-10-44-28(41)25-24(16-37-47(43)32(7,8)9)27(45-26-21(2)14-23(12-11-13-35)15-22(26)3)39-29(38-25)40(30(42)46-31(4,5)6)34-17-33(18-34,19-34)20-36/h11-12,14-16H,10,17-19H2,1-9H3/b12-11+,37-16?. The number of allylic oxidation sites excluding steroid dienone is 1. The number of benzene rings is 1. The molecule has 3 aliphatic rings. The lowest BCUT2D eigenvalue weighted by Crippen LogP contribution is -2.76. The molecule has 47 heavy (non-hydrogen) atoms. The van der Waals surface area contributed by atoms with Gasteiger partial charge in [-0.25, -0.2) is 19.5 Å². The van der Waals surface area contributed by atoms with Gasteiger partial charge in [0, 0.05) is 6.08 Å². The van der Waals surface area contributed by atoms with E-state index in [-0.39, 0.29) is 29.7 Å². The van der Waals surface area contributed by atoms with Crippen molar-refractivity contribution in [3.8, 4) is 23.8 Å². The Hall–Kier alpha value is -4.46. The SMILES string of the molecule is CCOC(=O)c1nc(N(C(=O)OC(C)(C)C)C23CC(C#N)(C2)C3)nc(Oc2c(C)cc(/C=C/C#N)cc2C)c1C=N[S+]([O-])C(C)(C)C. The largest absolute Gasteiger partial charge is 0.591 e. The van der Waals surface area contributed by atoms with Crippen LogP contribution in [0.15, 0.2) is 22.6 Å². The lowest BCUT2D eigenvalue weighted by atomic mass is 9.39. The Morgan fingerprint density at radius 1 is 1.11 bits per heavy atom. The predicted octanol–water partition coefficient (Wildman–Crippen LogP) is 6.67. The molecule has 13 heteroatoms. The van der Waals surface area contributed by atoms with E-state index in [0.29, 0.717) is 36.1 Å². The molecule has 0 spiro atoms. The van der Waals surface area contributed by atoms with Gasteiger partial charge >= 0.3 is 12.1 Å². The van der Waals surface area contributed by atoms with Crippen LogP contribution >= 0.6 is 0 Å². The molecular formula is C34H40N6O6S. The monoisotopic (exact) mass is 660 g/mol. The summed E-state index contributed by atoms with van der Waals surface area (Å²) in [6.07, 6.45) is 4.72. The van der Waals surface area contributed by atoms with Crippen LogP contribution in [0.3, 0.4) is 0 Å². The third-order valence-corrected chi connectivity index (χ3v) is 9.04. The van der Waals surface area contributed by atoms with E-state index in [1.807, 2.05) is 32.0 Å². The summed E-state index contributed by atoms with van der Waals surface area (Å²) in [5, 5.41) is 18.7. The number of hydrogen-bond acceptors (Lipinski definition) is 11. The number of aryl methyl sites for hydroxylation is 2. The maximum absolute atomic E-state index is 13.8. The van der Waals surface area contributed by atoms with Crippen molar-refractivity contribution in [3.63, 3.8) is 0 Å². The number of nitrogens with zero attached hydrogens (tertiary/aromatic N) is 6. The number of carbonyl (C=O) groups is 2. The molecule has 0 aliphatic heterocycles. The van der Waals surface area contributed by atoms with E-state index < -0.39 is 44.7 Å². The predicted molar refractivity (Wildman–Crippen MR) is 177 cm³/mol. The minimum Gasteiger partial charge on any atom is -0.591 e. The molecule has 0 N–H and O–H groups in total. The molecule has 5 rings (SSSR count). The van der Waals surface area contributed by atoms with Crippen molar-refractivity contribution in [1.82, 2.24) is 9.97 Å². The summed E-state index contributed by atoms with van der Waals surface area (Å²) in [5.74, 6) is -0.719. The number of esters is 1. The topological polar surface area (TPSA) is 174 Å². The lowest BCUT2D eigenvalue weighted by Gasteiger charge is -2.69. The van der Waals surface area contributed by atoms with E-state index >= 15 is 0 Å². The third-order valence-electron chi connectivity index (χ3n) is 7.69. The number of amides is 1. The average Bonchev–Trinajstić information content (AvgIpc) is 2.92. The maximum atomic E-state index is 13.8. The highest BCUT2D eigenvalue weighted by molar-refractivity contribution is 7.91. The van der Waals surface area contributed by atoms with Gasteiger partial charge in [-0.1, -0.05) is 4.40 Å². The van der Waals surface area contributed by atoms with Gasteiger partial charge in [-0.15, -0.1) is 0 Å². The third kappa shape index (κ3) is 7.42. The zero-order valence-corrected chi connectivity index (χ0v) is 29.1. The van der Waals surface area contributed by atoms with Gasteiger partial charge in [0.2, 0.25) is 11.8 Å². The van der Waals surface area contributed by atoms with E-state index in [4.69, 9.17) is 24.5 Å². The molecule has 1 unspecified atom stereocenters. The van der Waals surface area contributed by atoms with E-state index in [2.05, 4.69) is 15.5 Å². The van der Waals surface area contributed by atoms with Gasteiger partial charge in [-0.3, -0.25) is 0 Å². The molecule has 3 fully saturated rings. The molecule has 3 aliphatic carbocycles. The highest BCUT2D eigenvalue weighted by Gasteiger charge is 2.73. The van der Waals surface area contributed by atoms with Crippen LogP contribution in [0, 0.1) is 41.9 Å². The van der Waals surface area contributed by atoms with E-state index in [1.54, 1.807) is 54.5 Å². The Bertz CT molecular complexity index is 1680. The summed E-state index contributed by atoms with van der Waals surface area (Å²) in [7, 11) is 0. The molecule has 248 valence electrons. The molecule has 2 bridgehead atoms. The molecule has 1 aromatic heterocycles. The average molecular weight is 661 g/mol. The van der Waals surface area contributed by atoms with Crippen LogP contribution in [0.1, 0.15) is 100 Å². The summed E-state index contributed by atoms with van der Waals surface area (Å²) in [4.78, 5) is 37.9. The number of carbonyl (C=O) groups excluding carboxylic acids is 2. The lowest BCUT2D eigenvalue weighted by molar-refractivity contribution is -0.0894. The number of nitriles is 2. The summed E-state index contributed by atoms with van der Waals surface area (Å²) >= 11 is -1.71. The fourth-order valence-corrected chi connectivity index (χ4v) is 6.22. The first-order valence-corrected chi connectivity index (χ1v) is 16.3. The molecular weight excluding hydrogens is 620 g/mol. The first-order chi connectivity index (χ1) is 21.9. The second-order valence-corrected chi connectivity index (χ2v) is 15.9. The van der Waals surface area contributed by atoms with Crippen LogP contribution < -0.4 is 9.64 Å². The van der Waals surface area contributed by atoms with Crippen LogP contribution in [0.2, 0.25) is 0 Å². The fraction of sp³-hybridized carbons (Fsp3) is 0.500. The molecule has 3 saturated carbocycles. The van der Waals surface area contributed by atoms with Gasteiger partial charge < -0.3 is 18.8 Å². The van der Waals surface area contributed by atoms with Gasteiger partial charge in [0.25, 0.3) is 0 Å². The van der Waals surface area contributed by atoms with E-state index in [1.165, 1.54) is 17.2 Å². The van der Waals surface area contributed by atoms with Crippen molar-refractivity contribution < 1.29 is 28.4 Å². The van der Waals surface area contributed by atoms with Crippen molar-refractivity contribution in [2.75, 3.05) is 11.5 Å². The van der Waals surface area contributed by atoms with E-state index in [0.717, 1.165) is 5.56 Å². The molecule has 1 aromatic carbocycles. The molecule has 1 amide bonds. The van der Waals surface area contributed by atoms with Crippen LogP contribution in [-0.2, 0) is 20.8 Å². The fourth-order valence-electron chi connectivity index (χ4n) is 5.70. The Balaban J connectivity index is 1.96. The van der Waals surface area contributed by atoms with Gasteiger partial charge in [0.15, 0.2) is 5.69 Å². The second-order valence-electron chi connectivity index (χ2n) is 13.9. The molecule has 0 saturated heterocycles. The van der Waals surface area contributed by atoms with Crippen molar-refractivity contribution in [1.29, 1.82) is 10.5 Å². The van der Waals surface area contributed by atoms with E-state index in [9.17, 15) is 19.4 Å². The minimum absolute atomic E-state index is 0.00674. The number of hydrogen-bond donors (Lipinski definition) is 0. The number of aromatic nitrogens is 2. The van der Waals surface area contributed by atoms with Crippen LogP contribution in [0.25, 0.3) is 6.08 Å².